The normalized spacial score (nSPS) is 20.0. The van der Waals surface area contributed by atoms with Crippen LogP contribution in [0.15, 0.2) is 35.4 Å². The van der Waals surface area contributed by atoms with E-state index < -0.39 is 5.82 Å². The topological polar surface area (TPSA) is 72.5 Å². The number of nitrogens with zero attached hydrogens (tertiary/aromatic N) is 4. The maximum Gasteiger partial charge on any atom is 0.165 e. The Balaban J connectivity index is 1.72. The van der Waals surface area contributed by atoms with E-state index in [1.54, 1.807) is 12.1 Å². The Labute approximate surface area is 157 Å². The molecular formula is C21H21FN4O. The molecule has 2 aromatic rings. The lowest BCUT2D eigenvalue weighted by molar-refractivity contribution is 0.428. The Bertz CT molecular complexity index is 944. The van der Waals surface area contributed by atoms with Gasteiger partial charge in [0, 0.05) is 12.0 Å². The summed E-state index contributed by atoms with van der Waals surface area (Å²) in [4.78, 5) is 4.59. The van der Waals surface area contributed by atoms with Gasteiger partial charge in [-0.05, 0) is 56.0 Å². The predicted molar refractivity (Wildman–Crippen MR) is 101 cm³/mol. The Hall–Kier alpha value is -2.94. The Morgan fingerprint density at radius 1 is 1.22 bits per heavy atom. The molecule has 27 heavy (non-hydrogen) atoms. The zero-order valence-corrected chi connectivity index (χ0v) is 15.2. The minimum atomic E-state index is -0.640. The van der Waals surface area contributed by atoms with E-state index >= 15 is 0 Å². The largest absolute Gasteiger partial charge is 0.505 e. The van der Waals surface area contributed by atoms with Crippen LogP contribution in [0.1, 0.15) is 48.9 Å². The van der Waals surface area contributed by atoms with Gasteiger partial charge in [0.2, 0.25) is 0 Å². The van der Waals surface area contributed by atoms with Crippen LogP contribution in [-0.2, 0) is 0 Å². The molecule has 1 fully saturated rings. The van der Waals surface area contributed by atoms with E-state index in [-0.39, 0.29) is 11.8 Å². The Morgan fingerprint density at radius 2 is 2.00 bits per heavy atom. The van der Waals surface area contributed by atoms with Gasteiger partial charge in [-0.1, -0.05) is 12.8 Å². The zero-order valence-electron chi connectivity index (χ0n) is 15.2. The highest BCUT2D eigenvalue weighted by atomic mass is 19.1. The molecule has 2 heterocycles. The van der Waals surface area contributed by atoms with Crippen molar-refractivity contribution < 1.29 is 9.50 Å². The van der Waals surface area contributed by atoms with Gasteiger partial charge in [0.1, 0.15) is 11.9 Å². The summed E-state index contributed by atoms with van der Waals surface area (Å²) in [5, 5.41) is 25.3. The second-order valence-electron chi connectivity index (χ2n) is 7.29. The maximum absolute atomic E-state index is 13.8. The van der Waals surface area contributed by atoms with Gasteiger partial charge in [-0.25, -0.2) is 14.4 Å². The summed E-state index contributed by atoms with van der Waals surface area (Å²) in [7, 11) is 0. The summed E-state index contributed by atoms with van der Waals surface area (Å²) >= 11 is 0. The summed E-state index contributed by atoms with van der Waals surface area (Å²) in [6.07, 6.45) is 5.47. The van der Waals surface area contributed by atoms with Gasteiger partial charge in [-0.3, -0.25) is 0 Å². The molecule has 1 aliphatic carbocycles. The van der Waals surface area contributed by atoms with Gasteiger partial charge in [0.05, 0.1) is 23.0 Å². The van der Waals surface area contributed by atoms with E-state index in [1.807, 2.05) is 18.0 Å². The fraction of sp³-hybridized carbons (Fsp3) is 0.381. The number of rotatable bonds is 3. The van der Waals surface area contributed by atoms with Crippen LogP contribution < -0.4 is 5.01 Å². The van der Waals surface area contributed by atoms with Crippen LogP contribution in [0.5, 0.6) is 5.75 Å². The van der Waals surface area contributed by atoms with Gasteiger partial charge in [-0.2, -0.15) is 10.4 Å². The van der Waals surface area contributed by atoms with Gasteiger partial charge in [-0.15, -0.1) is 0 Å². The molecule has 0 amide bonds. The third-order valence-electron chi connectivity index (χ3n) is 5.60. The van der Waals surface area contributed by atoms with Crippen LogP contribution in [0.4, 0.5) is 10.2 Å². The number of aromatic hydroxyl groups is 1. The number of phenols is 1. The summed E-state index contributed by atoms with van der Waals surface area (Å²) in [5.41, 5.74) is 2.72. The number of aryl methyl sites for hydroxylation is 1. The molecule has 1 saturated carbocycles. The molecule has 0 bridgehead atoms. The first-order chi connectivity index (χ1) is 13.1. The van der Waals surface area contributed by atoms with Crippen molar-refractivity contribution >= 4 is 11.5 Å². The molecule has 0 radical (unpaired) electrons. The van der Waals surface area contributed by atoms with E-state index in [0.29, 0.717) is 22.7 Å². The van der Waals surface area contributed by atoms with E-state index in [4.69, 9.17) is 10.4 Å². The number of benzene rings is 1. The molecule has 5 nitrogen and oxygen atoms in total. The maximum atomic E-state index is 13.8. The predicted octanol–water partition coefficient (Wildman–Crippen LogP) is 4.28. The van der Waals surface area contributed by atoms with Crippen molar-refractivity contribution in [1.29, 1.82) is 5.26 Å². The third-order valence-corrected chi connectivity index (χ3v) is 5.60. The van der Waals surface area contributed by atoms with Gasteiger partial charge in [0.25, 0.3) is 0 Å². The lowest BCUT2D eigenvalue weighted by Crippen LogP contribution is -2.33. The number of nitriles is 1. The van der Waals surface area contributed by atoms with Gasteiger partial charge < -0.3 is 5.11 Å². The van der Waals surface area contributed by atoms with Crippen molar-refractivity contribution in [2.45, 2.75) is 45.1 Å². The second-order valence-corrected chi connectivity index (χ2v) is 7.29. The second kappa shape index (κ2) is 6.99. The number of halogens is 1. The van der Waals surface area contributed by atoms with Crippen molar-refractivity contribution in [3.63, 3.8) is 0 Å². The first-order valence-corrected chi connectivity index (χ1v) is 9.30. The zero-order chi connectivity index (χ0) is 19.0. The molecule has 2 aliphatic rings. The SMILES string of the molecule is Cc1nc(N2N=C(c3ccc(O)c(F)c3)C[C@@H]2C2CCCC2)ccc1C#N. The van der Waals surface area contributed by atoms with Crippen molar-refractivity contribution in [1.82, 2.24) is 4.98 Å². The van der Waals surface area contributed by atoms with Crippen LogP contribution >= 0.6 is 0 Å². The fourth-order valence-corrected chi connectivity index (χ4v) is 4.11. The molecule has 1 N–H and O–H groups in total. The molecule has 0 unspecified atom stereocenters. The first-order valence-electron chi connectivity index (χ1n) is 9.30. The highest BCUT2D eigenvalue weighted by Crippen LogP contribution is 2.38. The average molecular weight is 364 g/mol. The summed E-state index contributed by atoms with van der Waals surface area (Å²) in [6.45, 7) is 1.82. The lowest BCUT2D eigenvalue weighted by Gasteiger charge is -2.27. The minimum Gasteiger partial charge on any atom is -0.505 e. The lowest BCUT2D eigenvalue weighted by atomic mass is 9.92. The number of hydrogen-bond donors (Lipinski definition) is 1. The molecule has 1 atom stereocenters. The monoisotopic (exact) mass is 364 g/mol. The van der Waals surface area contributed by atoms with Crippen molar-refractivity contribution in [2.75, 3.05) is 5.01 Å². The van der Waals surface area contributed by atoms with Crippen molar-refractivity contribution in [3.05, 3.63) is 53.0 Å². The van der Waals surface area contributed by atoms with Gasteiger partial charge >= 0.3 is 0 Å². The standard InChI is InChI=1S/C21H21FN4O/c1-13-16(12-23)7-9-21(24-13)26-19(14-4-2-3-5-14)11-18(25-26)15-6-8-20(27)17(22)10-15/h6-10,14,19,27H,2-5,11H2,1H3/t19-/m1/s1. The first kappa shape index (κ1) is 17.5. The van der Waals surface area contributed by atoms with Crippen molar-refractivity contribution in [3.8, 4) is 11.8 Å². The molecule has 1 aromatic heterocycles. The molecule has 0 saturated heterocycles. The van der Waals surface area contributed by atoms with Crippen molar-refractivity contribution in [2.24, 2.45) is 11.0 Å². The summed E-state index contributed by atoms with van der Waals surface area (Å²) in [5.74, 6) is 0.243. The number of phenolic OH excluding ortho intramolecular Hbond substituents is 1. The molecule has 1 aromatic carbocycles. The summed E-state index contributed by atoms with van der Waals surface area (Å²) in [6, 6.07) is 10.3. The van der Waals surface area contributed by atoms with Crippen LogP contribution in [0.2, 0.25) is 0 Å². The average Bonchev–Trinajstić information content (AvgIpc) is 3.33. The van der Waals surface area contributed by atoms with Crippen LogP contribution in [-0.4, -0.2) is 21.8 Å². The Morgan fingerprint density at radius 3 is 2.67 bits per heavy atom. The Kier molecular flexibility index (Phi) is 4.53. The molecular weight excluding hydrogens is 343 g/mol. The summed E-state index contributed by atoms with van der Waals surface area (Å²) < 4.78 is 13.8. The minimum absolute atomic E-state index is 0.180. The number of hydrazone groups is 1. The fourth-order valence-electron chi connectivity index (χ4n) is 4.11. The van der Waals surface area contributed by atoms with E-state index in [0.717, 1.165) is 30.8 Å². The van der Waals surface area contributed by atoms with E-state index in [1.165, 1.54) is 25.0 Å². The molecule has 4 rings (SSSR count). The number of hydrogen-bond acceptors (Lipinski definition) is 5. The quantitative estimate of drug-likeness (QED) is 0.882. The van der Waals surface area contributed by atoms with Crippen LogP contribution in [0.3, 0.4) is 0 Å². The number of pyridine rings is 1. The third kappa shape index (κ3) is 3.25. The van der Waals surface area contributed by atoms with Gasteiger partial charge in [0.15, 0.2) is 11.6 Å². The van der Waals surface area contributed by atoms with E-state index in [9.17, 15) is 9.50 Å². The number of aromatic nitrogens is 1. The molecule has 138 valence electrons. The molecule has 0 spiro atoms. The molecule has 6 heteroatoms. The highest BCUT2D eigenvalue weighted by Gasteiger charge is 2.36. The van der Waals surface area contributed by atoms with E-state index in [2.05, 4.69) is 11.1 Å². The van der Waals surface area contributed by atoms with Crippen LogP contribution in [0.25, 0.3) is 0 Å². The molecule has 1 aliphatic heterocycles. The number of anilines is 1. The van der Waals surface area contributed by atoms with Crippen LogP contribution in [0, 0.1) is 30.0 Å². The smallest absolute Gasteiger partial charge is 0.165 e. The highest BCUT2D eigenvalue weighted by molar-refractivity contribution is 6.03.